The van der Waals surface area contributed by atoms with Crippen molar-refractivity contribution >= 4 is 27.7 Å². The van der Waals surface area contributed by atoms with Gasteiger partial charge in [0.1, 0.15) is 5.75 Å². The minimum Gasteiger partial charge on any atom is -0.497 e. The molecule has 4 aromatic carbocycles. The summed E-state index contributed by atoms with van der Waals surface area (Å²) in [5.74, 6) is 0.851. The molecule has 0 unspecified atom stereocenters. The van der Waals surface area contributed by atoms with Crippen LogP contribution in [0.4, 0.5) is 0 Å². The lowest BCUT2D eigenvalue weighted by atomic mass is 9.93. The van der Waals surface area contributed by atoms with Crippen LogP contribution in [0.3, 0.4) is 0 Å². The molecule has 2 nitrogen and oxygen atoms in total. The number of methoxy groups -OCH3 is 1. The molecular weight excluding hydrogens is 344 g/mol. The van der Waals surface area contributed by atoms with Crippen molar-refractivity contribution in [2.75, 3.05) is 7.11 Å². The van der Waals surface area contributed by atoms with Crippen LogP contribution in [0, 0.1) is 0 Å². The lowest BCUT2D eigenvalue weighted by Crippen LogP contribution is -1.98. The fourth-order valence-corrected chi connectivity index (χ4v) is 3.96. The molecule has 0 radical (unpaired) electrons. The molecule has 1 aliphatic carbocycles. The van der Waals surface area contributed by atoms with Gasteiger partial charge >= 0.3 is 0 Å². The van der Waals surface area contributed by atoms with Crippen LogP contribution < -0.4 is 4.74 Å². The molecule has 0 amide bonds. The van der Waals surface area contributed by atoms with Crippen LogP contribution in [-0.2, 0) is 0 Å². The second-order valence-corrected chi connectivity index (χ2v) is 6.92. The van der Waals surface area contributed by atoms with Crippen molar-refractivity contribution in [3.8, 4) is 5.75 Å². The normalized spacial score (nSPS) is 13.1. The van der Waals surface area contributed by atoms with Crippen LogP contribution in [0.2, 0.25) is 0 Å². The summed E-state index contributed by atoms with van der Waals surface area (Å²) in [4.78, 5) is 13.5. The fourth-order valence-electron chi connectivity index (χ4n) is 3.96. The monoisotopic (exact) mass is 362 g/mol. The molecule has 0 fully saturated rings. The van der Waals surface area contributed by atoms with Gasteiger partial charge in [-0.25, -0.2) is 0 Å². The van der Waals surface area contributed by atoms with Gasteiger partial charge in [0.05, 0.1) is 7.11 Å². The molecule has 0 aromatic heterocycles. The zero-order valence-electron chi connectivity index (χ0n) is 15.5. The summed E-state index contributed by atoms with van der Waals surface area (Å²) in [5, 5.41) is 2.22. The van der Waals surface area contributed by atoms with Crippen LogP contribution >= 0.6 is 0 Å². The number of rotatable bonds is 3. The predicted molar refractivity (Wildman–Crippen MR) is 114 cm³/mol. The number of hydrogen-bond donors (Lipinski definition) is 0. The first kappa shape index (κ1) is 16.5. The zero-order chi connectivity index (χ0) is 19.1. The Kier molecular flexibility index (Phi) is 3.84. The first-order valence-corrected chi connectivity index (χ1v) is 9.28. The fraction of sp³-hybridized carbons (Fsp3) is 0.0385. The molecule has 0 aliphatic heterocycles. The van der Waals surface area contributed by atoms with E-state index in [1.165, 1.54) is 0 Å². The average Bonchev–Trinajstić information content (AvgIpc) is 3.04. The number of ether oxygens (including phenoxy) is 1. The number of allylic oxidation sites excluding steroid dienone is 1. The highest BCUT2D eigenvalue weighted by molar-refractivity contribution is 6.42. The summed E-state index contributed by atoms with van der Waals surface area (Å²) in [5.41, 5.74) is 5.47. The van der Waals surface area contributed by atoms with Gasteiger partial charge in [-0.2, -0.15) is 0 Å². The minimum absolute atomic E-state index is 0.0739. The van der Waals surface area contributed by atoms with Gasteiger partial charge in [-0.3, -0.25) is 4.79 Å². The second-order valence-electron chi connectivity index (χ2n) is 6.92. The lowest BCUT2D eigenvalue weighted by molar-refractivity contribution is 0.105. The molecule has 2 heteroatoms. The number of carbonyl (C=O) groups is 1. The van der Waals surface area contributed by atoms with Crippen molar-refractivity contribution in [2.45, 2.75) is 0 Å². The number of benzene rings is 4. The lowest BCUT2D eigenvalue weighted by Gasteiger charge is -2.10. The van der Waals surface area contributed by atoms with Gasteiger partial charge in [-0.15, -0.1) is 0 Å². The third kappa shape index (κ3) is 2.54. The van der Waals surface area contributed by atoms with Gasteiger partial charge in [-0.05, 0) is 51.7 Å². The van der Waals surface area contributed by atoms with Crippen LogP contribution in [0.25, 0.3) is 21.9 Å². The number of Topliss-reactive ketones (excluding diaryl/α,β-unsaturated/α-hetero) is 1. The van der Waals surface area contributed by atoms with E-state index in [1.54, 1.807) is 7.11 Å². The van der Waals surface area contributed by atoms with E-state index in [-0.39, 0.29) is 5.78 Å². The third-order valence-electron chi connectivity index (χ3n) is 5.32. The standard InChI is InChI=1S/C26H18O2/c1-28-21-13-11-18(12-14-21)25-24(17-7-3-2-4-8-17)22-15-19-9-5-6-10-20(19)16-23(22)26(25)27/h2-16H,1H3. The highest BCUT2D eigenvalue weighted by Crippen LogP contribution is 2.43. The van der Waals surface area contributed by atoms with Crippen LogP contribution in [0.5, 0.6) is 5.75 Å². The molecule has 1 aliphatic rings. The van der Waals surface area contributed by atoms with E-state index in [2.05, 4.69) is 30.3 Å². The van der Waals surface area contributed by atoms with E-state index in [9.17, 15) is 4.79 Å². The molecule has 0 bridgehead atoms. The highest BCUT2D eigenvalue weighted by atomic mass is 16.5. The molecule has 5 rings (SSSR count). The molecule has 0 N–H and O–H groups in total. The van der Waals surface area contributed by atoms with Crippen LogP contribution in [-0.4, -0.2) is 12.9 Å². The van der Waals surface area contributed by atoms with Gasteiger partial charge in [0.25, 0.3) is 0 Å². The molecule has 134 valence electrons. The molecule has 0 heterocycles. The topological polar surface area (TPSA) is 26.3 Å². The van der Waals surface area contributed by atoms with E-state index in [0.717, 1.165) is 49.9 Å². The Labute approximate surface area is 163 Å². The maximum absolute atomic E-state index is 13.5. The Morgan fingerprint density at radius 2 is 1.18 bits per heavy atom. The number of fused-ring (bicyclic) bond motifs is 2. The molecule has 4 aromatic rings. The molecule has 28 heavy (non-hydrogen) atoms. The molecule has 0 spiro atoms. The van der Waals surface area contributed by atoms with Crippen molar-refractivity contribution in [3.63, 3.8) is 0 Å². The Balaban J connectivity index is 1.81. The zero-order valence-corrected chi connectivity index (χ0v) is 15.5. The first-order chi connectivity index (χ1) is 13.8. The Morgan fingerprint density at radius 3 is 1.82 bits per heavy atom. The third-order valence-corrected chi connectivity index (χ3v) is 5.32. The Bertz CT molecular complexity index is 1230. The van der Waals surface area contributed by atoms with Crippen molar-refractivity contribution in [2.24, 2.45) is 0 Å². The largest absolute Gasteiger partial charge is 0.497 e. The van der Waals surface area contributed by atoms with Crippen LogP contribution in [0.1, 0.15) is 27.0 Å². The smallest absolute Gasteiger partial charge is 0.194 e. The van der Waals surface area contributed by atoms with Crippen molar-refractivity contribution < 1.29 is 9.53 Å². The highest BCUT2D eigenvalue weighted by Gasteiger charge is 2.31. The molecule has 0 saturated heterocycles. The minimum atomic E-state index is 0.0739. The van der Waals surface area contributed by atoms with E-state index < -0.39 is 0 Å². The van der Waals surface area contributed by atoms with Gasteiger partial charge < -0.3 is 4.74 Å². The summed E-state index contributed by atoms with van der Waals surface area (Å²) >= 11 is 0. The van der Waals surface area contributed by atoms with Gasteiger partial charge in [-0.1, -0.05) is 66.7 Å². The van der Waals surface area contributed by atoms with Crippen molar-refractivity contribution in [1.29, 1.82) is 0 Å². The van der Waals surface area contributed by atoms with E-state index in [4.69, 9.17) is 4.74 Å². The van der Waals surface area contributed by atoms with Crippen molar-refractivity contribution in [1.82, 2.24) is 0 Å². The van der Waals surface area contributed by atoms with Gasteiger partial charge in [0.15, 0.2) is 5.78 Å². The quantitative estimate of drug-likeness (QED) is 0.446. The van der Waals surface area contributed by atoms with E-state index in [1.807, 2.05) is 60.7 Å². The second kappa shape index (κ2) is 6.50. The predicted octanol–water partition coefficient (Wildman–Crippen LogP) is 6.00. The van der Waals surface area contributed by atoms with Gasteiger partial charge in [0.2, 0.25) is 0 Å². The average molecular weight is 362 g/mol. The molecule has 0 saturated carbocycles. The van der Waals surface area contributed by atoms with E-state index in [0.29, 0.717) is 0 Å². The number of carbonyl (C=O) groups excluding carboxylic acids is 1. The Morgan fingerprint density at radius 1 is 0.607 bits per heavy atom. The molecular formula is C26H18O2. The summed E-state index contributed by atoms with van der Waals surface area (Å²) in [6, 6.07) is 30.2. The summed E-state index contributed by atoms with van der Waals surface area (Å²) < 4.78 is 5.28. The van der Waals surface area contributed by atoms with Crippen molar-refractivity contribution in [3.05, 3.63) is 113 Å². The number of ketones is 1. The summed E-state index contributed by atoms with van der Waals surface area (Å²) in [6.45, 7) is 0. The van der Waals surface area contributed by atoms with Gasteiger partial charge in [0, 0.05) is 16.7 Å². The number of hydrogen-bond acceptors (Lipinski definition) is 2. The van der Waals surface area contributed by atoms with E-state index >= 15 is 0 Å². The summed E-state index contributed by atoms with van der Waals surface area (Å²) in [6.07, 6.45) is 0. The molecule has 0 atom stereocenters. The SMILES string of the molecule is COc1ccc(C2=C(c3ccccc3)c3cc4ccccc4cc3C2=O)cc1. The Hall–Kier alpha value is -3.65. The van der Waals surface area contributed by atoms with Crippen LogP contribution in [0.15, 0.2) is 91.0 Å². The maximum Gasteiger partial charge on any atom is 0.194 e. The first-order valence-electron chi connectivity index (χ1n) is 9.28. The maximum atomic E-state index is 13.5. The summed E-state index contributed by atoms with van der Waals surface area (Å²) in [7, 11) is 1.64.